The fourth-order valence-electron chi connectivity index (χ4n) is 1.93. The van der Waals surface area contributed by atoms with Crippen molar-refractivity contribution in [2.75, 3.05) is 19.6 Å². The number of aryl methyl sites for hydroxylation is 1. The van der Waals surface area contributed by atoms with Crippen molar-refractivity contribution in [3.05, 3.63) is 20.3 Å². The van der Waals surface area contributed by atoms with Gasteiger partial charge in [0, 0.05) is 30.6 Å². The summed E-state index contributed by atoms with van der Waals surface area (Å²) < 4.78 is 0.945. The summed E-state index contributed by atoms with van der Waals surface area (Å²) in [6.07, 6.45) is 0. The van der Waals surface area contributed by atoms with Crippen LogP contribution in [0.3, 0.4) is 0 Å². The minimum Gasteiger partial charge on any atom is -0.333 e. The van der Waals surface area contributed by atoms with Crippen molar-refractivity contribution in [3.8, 4) is 0 Å². The first-order chi connectivity index (χ1) is 7.59. The summed E-state index contributed by atoms with van der Waals surface area (Å²) in [7, 11) is 0. The van der Waals surface area contributed by atoms with E-state index in [1.165, 1.54) is 0 Å². The number of rotatable bonds is 1. The number of halogens is 2. The molecule has 0 aliphatic carbocycles. The molecular formula is C11H16BrClN2OS. The van der Waals surface area contributed by atoms with Gasteiger partial charge in [0.15, 0.2) is 0 Å². The van der Waals surface area contributed by atoms with Crippen LogP contribution >= 0.6 is 39.7 Å². The molecule has 1 aromatic heterocycles. The smallest absolute Gasteiger partial charge is 0.256 e. The van der Waals surface area contributed by atoms with Crippen molar-refractivity contribution in [2.24, 2.45) is 0 Å². The molecule has 1 fully saturated rings. The molecule has 1 aliphatic heterocycles. The number of carbonyl (C=O) groups excluding carboxylic acids is 1. The average molecular weight is 340 g/mol. The second-order valence-electron chi connectivity index (χ2n) is 4.10. The molecule has 0 unspecified atom stereocenters. The minimum atomic E-state index is 0. The maximum absolute atomic E-state index is 12.3. The molecular weight excluding hydrogens is 324 g/mol. The van der Waals surface area contributed by atoms with Crippen LogP contribution in [0.1, 0.15) is 22.2 Å². The molecule has 0 bridgehead atoms. The van der Waals surface area contributed by atoms with Gasteiger partial charge in [0.05, 0.1) is 9.35 Å². The average Bonchev–Trinajstić information content (AvgIpc) is 2.58. The van der Waals surface area contributed by atoms with Crippen LogP contribution in [0.25, 0.3) is 0 Å². The zero-order valence-electron chi connectivity index (χ0n) is 9.83. The van der Waals surface area contributed by atoms with Gasteiger partial charge in [-0.1, -0.05) is 0 Å². The fourth-order valence-corrected chi connectivity index (χ4v) is 3.69. The molecule has 1 amide bonds. The third-order valence-corrected chi connectivity index (χ3v) is 4.55. The number of hydrogen-bond acceptors (Lipinski definition) is 3. The number of nitrogens with one attached hydrogen (secondary N) is 1. The van der Waals surface area contributed by atoms with E-state index in [-0.39, 0.29) is 24.4 Å². The third-order valence-electron chi connectivity index (χ3n) is 2.80. The lowest BCUT2D eigenvalue weighted by atomic mass is 10.2. The number of hydrogen-bond donors (Lipinski definition) is 1. The molecule has 1 atom stereocenters. The van der Waals surface area contributed by atoms with Crippen molar-refractivity contribution in [2.45, 2.75) is 19.9 Å². The molecule has 6 heteroatoms. The first kappa shape index (κ1) is 15.0. The molecule has 2 rings (SSSR count). The standard InChI is InChI=1S/C11H15BrN2OS.ClH/c1-7-6-13-3-4-14(7)11(15)9-5-8(2)16-10(9)12;/h5,7,13H,3-4,6H2,1-2H3;1H/t7-;/m1./s1. The van der Waals surface area contributed by atoms with Gasteiger partial charge in [-0.05, 0) is 35.8 Å². The molecule has 17 heavy (non-hydrogen) atoms. The first-order valence-corrected chi connectivity index (χ1v) is 6.98. The maximum atomic E-state index is 12.3. The molecule has 3 nitrogen and oxygen atoms in total. The highest BCUT2D eigenvalue weighted by atomic mass is 79.9. The number of thiophene rings is 1. The number of carbonyl (C=O) groups is 1. The summed E-state index contributed by atoms with van der Waals surface area (Å²) in [6, 6.07) is 2.24. The van der Waals surface area contributed by atoms with Gasteiger partial charge in [-0.3, -0.25) is 4.79 Å². The highest BCUT2D eigenvalue weighted by Gasteiger charge is 2.26. The van der Waals surface area contributed by atoms with E-state index in [0.29, 0.717) is 0 Å². The van der Waals surface area contributed by atoms with Gasteiger partial charge in [-0.25, -0.2) is 0 Å². The quantitative estimate of drug-likeness (QED) is 0.853. The van der Waals surface area contributed by atoms with Gasteiger partial charge in [-0.15, -0.1) is 23.7 Å². The Bertz CT molecular complexity index is 410. The predicted molar refractivity (Wildman–Crippen MR) is 77.4 cm³/mol. The number of amides is 1. The summed E-state index contributed by atoms with van der Waals surface area (Å²) in [5, 5.41) is 3.29. The lowest BCUT2D eigenvalue weighted by Crippen LogP contribution is -2.52. The first-order valence-electron chi connectivity index (χ1n) is 5.37. The topological polar surface area (TPSA) is 32.3 Å². The lowest BCUT2D eigenvalue weighted by molar-refractivity contribution is 0.0655. The Kier molecular flexibility index (Phi) is 5.44. The maximum Gasteiger partial charge on any atom is 0.256 e. The van der Waals surface area contributed by atoms with Gasteiger partial charge in [-0.2, -0.15) is 0 Å². The Morgan fingerprint density at radius 3 is 2.88 bits per heavy atom. The molecule has 0 aromatic carbocycles. The van der Waals surface area contributed by atoms with Crippen molar-refractivity contribution >= 4 is 45.6 Å². The fraction of sp³-hybridized carbons (Fsp3) is 0.545. The van der Waals surface area contributed by atoms with Gasteiger partial charge in [0.25, 0.3) is 5.91 Å². The molecule has 96 valence electrons. The largest absolute Gasteiger partial charge is 0.333 e. The van der Waals surface area contributed by atoms with Crippen LogP contribution in [0, 0.1) is 6.92 Å². The van der Waals surface area contributed by atoms with E-state index in [4.69, 9.17) is 0 Å². The molecule has 1 aliphatic rings. The summed E-state index contributed by atoms with van der Waals surface area (Å²) in [4.78, 5) is 15.4. The Morgan fingerprint density at radius 2 is 2.35 bits per heavy atom. The minimum absolute atomic E-state index is 0. The zero-order chi connectivity index (χ0) is 11.7. The van der Waals surface area contributed by atoms with E-state index < -0.39 is 0 Å². The Morgan fingerprint density at radius 1 is 1.65 bits per heavy atom. The van der Waals surface area contributed by atoms with Crippen LogP contribution < -0.4 is 5.32 Å². The summed E-state index contributed by atoms with van der Waals surface area (Å²) in [5.41, 5.74) is 0.802. The van der Waals surface area contributed by atoms with Crippen molar-refractivity contribution < 1.29 is 4.79 Å². The zero-order valence-corrected chi connectivity index (χ0v) is 13.0. The highest BCUT2D eigenvalue weighted by molar-refractivity contribution is 9.11. The van der Waals surface area contributed by atoms with Gasteiger partial charge in [0.2, 0.25) is 0 Å². The van der Waals surface area contributed by atoms with E-state index in [1.54, 1.807) is 11.3 Å². The van der Waals surface area contributed by atoms with E-state index >= 15 is 0 Å². The van der Waals surface area contributed by atoms with E-state index in [9.17, 15) is 4.79 Å². The van der Waals surface area contributed by atoms with Gasteiger partial charge in [0.1, 0.15) is 0 Å². The highest BCUT2D eigenvalue weighted by Crippen LogP contribution is 2.29. The van der Waals surface area contributed by atoms with E-state index in [2.05, 4.69) is 28.2 Å². The van der Waals surface area contributed by atoms with E-state index in [1.807, 2.05) is 17.9 Å². The van der Waals surface area contributed by atoms with Crippen LogP contribution in [0.2, 0.25) is 0 Å². The van der Waals surface area contributed by atoms with E-state index in [0.717, 1.165) is 33.9 Å². The monoisotopic (exact) mass is 338 g/mol. The van der Waals surface area contributed by atoms with Crippen molar-refractivity contribution in [1.29, 1.82) is 0 Å². The summed E-state index contributed by atoms with van der Waals surface area (Å²) in [5.74, 6) is 0.144. The second-order valence-corrected chi connectivity index (χ2v) is 6.67. The SMILES string of the molecule is Cc1cc(C(=O)N2CCNC[C@H]2C)c(Br)s1.Cl. The molecule has 1 N–H and O–H groups in total. The summed E-state index contributed by atoms with van der Waals surface area (Å²) >= 11 is 5.08. The predicted octanol–water partition coefficient (Wildman–Crippen LogP) is 2.67. The Labute approximate surface area is 120 Å². The summed E-state index contributed by atoms with van der Waals surface area (Å²) in [6.45, 7) is 6.66. The van der Waals surface area contributed by atoms with Gasteiger partial charge < -0.3 is 10.2 Å². The third kappa shape index (κ3) is 3.22. The molecule has 1 saturated heterocycles. The van der Waals surface area contributed by atoms with Crippen LogP contribution in [-0.4, -0.2) is 36.5 Å². The molecule has 0 spiro atoms. The number of nitrogens with zero attached hydrogens (tertiary/aromatic N) is 1. The van der Waals surface area contributed by atoms with Crippen LogP contribution in [0.15, 0.2) is 9.85 Å². The normalized spacial score (nSPS) is 19.9. The van der Waals surface area contributed by atoms with Crippen molar-refractivity contribution in [3.63, 3.8) is 0 Å². The molecule has 2 heterocycles. The second kappa shape index (κ2) is 6.18. The molecule has 1 aromatic rings. The molecule has 0 saturated carbocycles. The van der Waals surface area contributed by atoms with Crippen LogP contribution in [0.4, 0.5) is 0 Å². The van der Waals surface area contributed by atoms with Crippen LogP contribution in [-0.2, 0) is 0 Å². The number of piperazine rings is 1. The van der Waals surface area contributed by atoms with Crippen molar-refractivity contribution in [1.82, 2.24) is 10.2 Å². The van der Waals surface area contributed by atoms with Crippen LogP contribution in [0.5, 0.6) is 0 Å². The lowest BCUT2D eigenvalue weighted by Gasteiger charge is -2.33. The Hall–Kier alpha value is -0.1000. The Balaban J connectivity index is 0.00000144. The van der Waals surface area contributed by atoms with Gasteiger partial charge >= 0.3 is 0 Å². The molecule has 0 radical (unpaired) electrons.